The predicted molar refractivity (Wildman–Crippen MR) is 72.9 cm³/mol. The molecule has 1 atom stereocenters. The summed E-state index contributed by atoms with van der Waals surface area (Å²) in [6.07, 6.45) is 1.66. The molecule has 1 rings (SSSR count). The molecule has 1 saturated heterocycles. The first-order chi connectivity index (χ1) is 9.54. The zero-order chi connectivity index (χ0) is 15.0. The van der Waals surface area contributed by atoms with Gasteiger partial charge in [0.25, 0.3) is 0 Å². The van der Waals surface area contributed by atoms with E-state index in [9.17, 15) is 14.4 Å². The fraction of sp³-hybridized carbons (Fsp3) is 0.769. The summed E-state index contributed by atoms with van der Waals surface area (Å²) in [5.41, 5.74) is 0. The third-order valence-electron chi connectivity index (χ3n) is 3.22. The normalized spacial score (nSPS) is 18.3. The van der Waals surface area contributed by atoms with Crippen LogP contribution in [0.1, 0.15) is 19.3 Å². The fourth-order valence-electron chi connectivity index (χ4n) is 2.05. The van der Waals surface area contributed by atoms with E-state index in [2.05, 4.69) is 10.6 Å². The number of carbonyl (C=O) groups excluding carboxylic acids is 3. The first-order valence-electron chi connectivity index (χ1n) is 6.82. The molecule has 1 aliphatic rings. The topological polar surface area (TPSA) is 87.7 Å². The average molecular weight is 285 g/mol. The Morgan fingerprint density at radius 1 is 1.50 bits per heavy atom. The molecule has 7 nitrogen and oxygen atoms in total. The molecule has 0 aromatic carbocycles. The third kappa shape index (κ3) is 5.56. The van der Waals surface area contributed by atoms with E-state index in [1.165, 1.54) is 4.90 Å². The van der Waals surface area contributed by atoms with Crippen LogP contribution in [-0.4, -0.2) is 63.0 Å². The molecule has 3 amide bonds. The predicted octanol–water partition coefficient (Wildman–Crippen LogP) is -0.876. The Morgan fingerprint density at radius 3 is 2.85 bits per heavy atom. The van der Waals surface area contributed by atoms with E-state index in [4.69, 9.17) is 4.74 Å². The summed E-state index contributed by atoms with van der Waals surface area (Å²) in [6.45, 7) is 1.53. The van der Waals surface area contributed by atoms with E-state index >= 15 is 0 Å². The lowest BCUT2D eigenvalue weighted by Gasteiger charge is -2.26. The van der Waals surface area contributed by atoms with Gasteiger partial charge in [0.05, 0.1) is 12.5 Å². The largest absolute Gasteiger partial charge is 0.385 e. The van der Waals surface area contributed by atoms with E-state index in [0.717, 1.165) is 6.42 Å². The van der Waals surface area contributed by atoms with Crippen LogP contribution in [-0.2, 0) is 19.1 Å². The Kier molecular flexibility index (Phi) is 7.00. The monoisotopic (exact) mass is 285 g/mol. The van der Waals surface area contributed by atoms with Gasteiger partial charge < -0.3 is 20.3 Å². The lowest BCUT2D eigenvalue weighted by Crippen LogP contribution is -2.46. The molecule has 20 heavy (non-hydrogen) atoms. The first kappa shape index (κ1) is 16.4. The van der Waals surface area contributed by atoms with Crippen LogP contribution >= 0.6 is 0 Å². The third-order valence-corrected chi connectivity index (χ3v) is 3.22. The molecule has 114 valence electrons. The van der Waals surface area contributed by atoms with Gasteiger partial charge in [0.1, 0.15) is 0 Å². The highest BCUT2D eigenvalue weighted by Crippen LogP contribution is 2.13. The van der Waals surface area contributed by atoms with Crippen molar-refractivity contribution in [2.24, 2.45) is 5.92 Å². The molecule has 7 heteroatoms. The molecule has 0 spiro atoms. The minimum atomic E-state index is -0.223. The van der Waals surface area contributed by atoms with Gasteiger partial charge in [-0.05, 0) is 12.8 Å². The quantitative estimate of drug-likeness (QED) is 0.595. The van der Waals surface area contributed by atoms with Gasteiger partial charge in [-0.3, -0.25) is 14.4 Å². The van der Waals surface area contributed by atoms with Gasteiger partial charge in [-0.25, -0.2) is 0 Å². The van der Waals surface area contributed by atoms with Crippen LogP contribution in [0.2, 0.25) is 0 Å². The lowest BCUT2D eigenvalue weighted by atomic mass is 9.98. The highest BCUT2D eigenvalue weighted by molar-refractivity contribution is 5.87. The Hall–Kier alpha value is -1.63. The second-order valence-corrected chi connectivity index (χ2v) is 4.93. The molecule has 0 aliphatic carbocycles. The molecule has 1 fully saturated rings. The van der Waals surface area contributed by atoms with Crippen molar-refractivity contribution in [3.63, 3.8) is 0 Å². The maximum atomic E-state index is 12.1. The number of carbonyl (C=O) groups is 3. The molecule has 0 saturated carbocycles. The van der Waals surface area contributed by atoms with Crippen molar-refractivity contribution in [2.45, 2.75) is 19.3 Å². The second kappa shape index (κ2) is 8.52. The number of ether oxygens (including phenoxy) is 1. The number of nitrogens with zero attached hydrogens (tertiary/aromatic N) is 1. The summed E-state index contributed by atoms with van der Waals surface area (Å²) in [6, 6.07) is 0. The first-order valence-corrected chi connectivity index (χ1v) is 6.82. The Bertz CT molecular complexity index is 350. The summed E-state index contributed by atoms with van der Waals surface area (Å²) in [7, 11) is 3.21. The number of likely N-dealkylation sites (N-methyl/N-ethyl adjacent to an activating group) is 1. The van der Waals surface area contributed by atoms with Crippen LogP contribution in [0.4, 0.5) is 0 Å². The number of rotatable bonds is 7. The van der Waals surface area contributed by atoms with Crippen LogP contribution < -0.4 is 10.6 Å². The van der Waals surface area contributed by atoms with Gasteiger partial charge in [0.2, 0.25) is 17.7 Å². The molecule has 1 aliphatic heterocycles. The van der Waals surface area contributed by atoms with Gasteiger partial charge >= 0.3 is 0 Å². The molecule has 0 aromatic heterocycles. The van der Waals surface area contributed by atoms with Crippen LogP contribution in [0, 0.1) is 5.92 Å². The van der Waals surface area contributed by atoms with Crippen molar-refractivity contribution in [3.05, 3.63) is 0 Å². The number of amides is 3. The molecule has 0 radical (unpaired) electrons. The average Bonchev–Trinajstić information content (AvgIpc) is 2.43. The second-order valence-electron chi connectivity index (χ2n) is 4.93. The van der Waals surface area contributed by atoms with E-state index in [1.807, 2.05) is 0 Å². The zero-order valence-corrected chi connectivity index (χ0v) is 12.1. The maximum Gasteiger partial charge on any atom is 0.239 e. The van der Waals surface area contributed by atoms with Gasteiger partial charge in [-0.15, -0.1) is 0 Å². The van der Waals surface area contributed by atoms with Crippen molar-refractivity contribution in [2.75, 3.05) is 40.4 Å². The summed E-state index contributed by atoms with van der Waals surface area (Å²) in [5, 5.41) is 5.40. The number of methoxy groups -OCH3 is 1. The highest BCUT2D eigenvalue weighted by Gasteiger charge is 2.27. The van der Waals surface area contributed by atoms with E-state index < -0.39 is 0 Å². The molecule has 0 aromatic rings. The highest BCUT2D eigenvalue weighted by atomic mass is 16.5. The zero-order valence-electron chi connectivity index (χ0n) is 12.1. The Morgan fingerprint density at radius 2 is 2.25 bits per heavy atom. The van der Waals surface area contributed by atoms with Crippen molar-refractivity contribution in [3.8, 4) is 0 Å². The number of hydrogen-bond donors (Lipinski definition) is 2. The fourth-order valence-corrected chi connectivity index (χ4v) is 2.05. The van der Waals surface area contributed by atoms with Crippen molar-refractivity contribution in [1.82, 2.24) is 15.5 Å². The van der Waals surface area contributed by atoms with Gasteiger partial charge in [0, 0.05) is 40.3 Å². The van der Waals surface area contributed by atoms with E-state index in [-0.39, 0.29) is 30.2 Å². The lowest BCUT2D eigenvalue weighted by molar-refractivity contribution is -0.139. The van der Waals surface area contributed by atoms with Crippen LogP contribution in [0.3, 0.4) is 0 Å². The molecular formula is C13H23N3O4. The summed E-state index contributed by atoms with van der Waals surface area (Å²) < 4.78 is 4.88. The summed E-state index contributed by atoms with van der Waals surface area (Å²) >= 11 is 0. The molecule has 2 N–H and O–H groups in total. The van der Waals surface area contributed by atoms with E-state index in [1.54, 1.807) is 14.2 Å². The smallest absolute Gasteiger partial charge is 0.239 e. The number of nitrogens with one attached hydrogen (secondary N) is 2. The van der Waals surface area contributed by atoms with Crippen LogP contribution in [0.25, 0.3) is 0 Å². The van der Waals surface area contributed by atoms with Gasteiger partial charge in [0.15, 0.2) is 0 Å². The van der Waals surface area contributed by atoms with Crippen LogP contribution in [0.5, 0.6) is 0 Å². The molecule has 0 bridgehead atoms. The molecule has 1 heterocycles. The van der Waals surface area contributed by atoms with Crippen molar-refractivity contribution < 1.29 is 19.1 Å². The van der Waals surface area contributed by atoms with Gasteiger partial charge in [-0.2, -0.15) is 0 Å². The van der Waals surface area contributed by atoms with Crippen molar-refractivity contribution >= 4 is 17.7 Å². The molecule has 1 unspecified atom stereocenters. The Labute approximate surface area is 119 Å². The van der Waals surface area contributed by atoms with Crippen LogP contribution in [0.15, 0.2) is 0 Å². The van der Waals surface area contributed by atoms with Crippen molar-refractivity contribution in [1.29, 1.82) is 0 Å². The maximum absolute atomic E-state index is 12.1. The minimum absolute atomic E-state index is 0.0208. The standard InChI is InChI=1S/C13H23N3O4/c1-16(9-12(18)14-6-3-7-20-2)13(19)10-4-5-11(17)15-8-10/h10H,3-9H2,1-2H3,(H,14,18)(H,15,17). The summed E-state index contributed by atoms with van der Waals surface area (Å²) in [4.78, 5) is 36.2. The number of piperidine rings is 1. The van der Waals surface area contributed by atoms with Gasteiger partial charge in [-0.1, -0.05) is 0 Å². The van der Waals surface area contributed by atoms with E-state index in [0.29, 0.717) is 32.5 Å². The minimum Gasteiger partial charge on any atom is -0.385 e. The SMILES string of the molecule is COCCCNC(=O)CN(C)C(=O)C1CCC(=O)NC1. The molecular weight excluding hydrogens is 262 g/mol. The Balaban J connectivity index is 2.26. The number of hydrogen-bond acceptors (Lipinski definition) is 4. The summed E-state index contributed by atoms with van der Waals surface area (Å²) in [5.74, 6) is -0.527.